The average molecular weight is 279 g/mol. The van der Waals surface area contributed by atoms with Crippen molar-refractivity contribution in [2.24, 2.45) is 11.7 Å². The first kappa shape index (κ1) is 14.7. The van der Waals surface area contributed by atoms with Gasteiger partial charge in [-0.3, -0.25) is 4.79 Å². The number of hydrogen-bond donors (Lipinski definition) is 1. The molecule has 0 bridgehead atoms. The summed E-state index contributed by atoms with van der Waals surface area (Å²) in [5, 5.41) is 0. The molecular formula is C15H21NO4. The molecule has 0 saturated heterocycles. The van der Waals surface area contributed by atoms with E-state index in [1.807, 2.05) is 19.1 Å². The van der Waals surface area contributed by atoms with Crippen LogP contribution in [-0.4, -0.2) is 26.8 Å². The molecule has 0 amide bonds. The van der Waals surface area contributed by atoms with E-state index >= 15 is 0 Å². The van der Waals surface area contributed by atoms with Gasteiger partial charge in [-0.1, -0.05) is 0 Å². The lowest BCUT2D eigenvalue weighted by Crippen LogP contribution is -2.30. The SMILES string of the molecule is CCOC(=O)C1Cc2cc(OC)c(OC)cc2C(N)C1. The second kappa shape index (κ2) is 6.13. The fourth-order valence-electron chi connectivity index (χ4n) is 2.68. The summed E-state index contributed by atoms with van der Waals surface area (Å²) in [5.41, 5.74) is 8.23. The molecule has 5 nitrogen and oxygen atoms in total. The maximum absolute atomic E-state index is 11.9. The van der Waals surface area contributed by atoms with Gasteiger partial charge in [0, 0.05) is 6.04 Å². The van der Waals surface area contributed by atoms with Crippen LogP contribution in [0.25, 0.3) is 0 Å². The van der Waals surface area contributed by atoms with Crippen molar-refractivity contribution in [3.05, 3.63) is 23.3 Å². The molecule has 5 heteroatoms. The van der Waals surface area contributed by atoms with Crippen LogP contribution in [0.3, 0.4) is 0 Å². The van der Waals surface area contributed by atoms with E-state index in [0.717, 1.165) is 11.1 Å². The van der Waals surface area contributed by atoms with Crippen LogP contribution >= 0.6 is 0 Å². The number of fused-ring (bicyclic) bond motifs is 1. The molecule has 0 radical (unpaired) electrons. The van der Waals surface area contributed by atoms with Crippen molar-refractivity contribution in [2.45, 2.75) is 25.8 Å². The Balaban J connectivity index is 2.32. The molecule has 20 heavy (non-hydrogen) atoms. The maximum Gasteiger partial charge on any atom is 0.309 e. The molecule has 2 rings (SSSR count). The van der Waals surface area contributed by atoms with Crippen molar-refractivity contribution in [1.82, 2.24) is 0 Å². The lowest BCUT2D eigenvalue weighted by Gasteiger charge is -2.29. The summed E-state index contributed by atoms with van der Waals surface area (Å²) < 4.78 is 15.7. The molecular weight excluding hydrogens is 258 g/mol. The van der Waals surface area contributed by atoms with Gasteiger partial charge in [0.25, 0.3) is 0 Å². The molecule has 0 fully saturated rings. The smallest absolute Gasteiger partial charge is 0.309 e. The van der Waals surface area contributed by atoms with E-state index < -0.39 is 0 Å². The Morgan fingerprint density at radius 1 is 1.30 bits per heavy atom. The molecule has 0 saturated carbocycles. The molecule has 2 unspecified atom stereocenters. The van der Waals surface area contributed by atoms with Gasteiger partial charge in [0.05, 0.1) is 26.7 Å². The lowest BCUT2D eigenvalue weighted by atomic mass is 9.81. The van der Waals surface area contributed by atoms with Crippen molar-refractivity contribution in [3.8, 4) is 11.5 Å². The van der Waals surface area contributed by atoms with Crippen molar-refractivity contribution in [1.29, 1.82) is 0 Å². The van der Waals surface area contributed by atoms with Crippen molar-refractivity contribution in [3.63, 3.8) is 0 Å². The number of rotatable bonds is 4. The van der Waals surface area contributed by atoms with Gasteiger partial charge >= 0.3 is 5.97 Å². The average Bonchev–Trinajstić information content (AvgIpc) is 2.46. The number of ether oxygens (including phenoxy) is 3. The van der Waals surface area contributed by atoms with Crippen LogP contribution in [0.1, 0.15) is 30.5 Å². The second-order valence-electron chi connectivity index (χ2n) is 4.90. The second-order valence-corrected chi connectivity index (χ2v) is 4.90. The van der Waals surface area contributed by atoms with Crippen LogP contribution < -0.4 is 15.2 Å². The molecule has 110 valence electrons. The van der Waals surface area contributed by atoms with E-state index in [2.05, 4.69) is 0 Å². The Labute approximate surface area is 119 Å². The fourth-order valence-corrected chi connectivity index (χ4v) is 2.68. The van der Waals surface area contributed by atoms with Crippen LogP contribution in [0.4, 0.5) is 0 Å². The van der Waals surface area contributed by atoms with Crippen molar-refractivity contribution >= 4 is 5.97 Å². The van der Waals surface area contributed by atoms with Gasteiger partial charge in [0.2, 0.25) is 0 Å². The van der Waals surface area contributed by atoms with E-state index in [9.17, 15) is 4.79 Å². The molecule has 1 aromatic rings. The lowest BCUT2D eigenvalue weighted by molar-refractivity contribution is -0.148. The van der Waals surface area contributed by atoms with Crippen molar-refractivity contribution in [2.75, 3.05) is 20.8 Å². The van der Waals surface area contributed by atoms with Gasteiger partial charge in [0.15, 0.2) is 11.5 Å². The number of methoxy groups -OCH3 is 2. The van der Waals surface area contributed by atoms with E-state index in [-0.39, 0.29) is 17.9 Å². The number of hydrogen-bond acceptors (Lipinski definition) is 5. The zero-order valence-corrected chi connectivity index (χ0v) is 12.1. The van der Waals surface area contributed by atoms with Gasteiger partial charge in [-0.15, -0.1) is 0 Å². The van der Waals surface area contributed by atoms with E-state index in [1.165, 1.54) is 0 Å². The molecule has 2 atom stereocenters. The third kappa shape index (κ3) is 2.72. The maximum atomic E-state index is 11.9. The summed E-state index contributed by atoms with van der Waals surface area (Å²) in [6, 6.07) is 3.62. The van der Waals surface area contributed by atoms with Crippen LogP contribution in [0, 0.1) is 5.92 Å². The fraction of sp³-hybridized carbons (Fsp3) is 0.533. The van der Waals surface area contributed by atoms with Crippen LogP contribution in [0.15, 0.2) is 12.1 Å². The zero-order valence-electron chi connectivity index (χ0n) is 12.1. The minimum atomic E-state index is -0.187. The minimum Gasteiger partial charge on any atom is -0.493 e. The minimum absolute atomic E-state index is 0.177. The Morgan fingerprint density at radius 2 is 1.95 bits per heavy atom. The molecule has 0 aliphatic heterocycles. The first-order chi connectivity index (χ1) is 9.60. The van der Waals surface area contributed by atoms with Crippen LogP contribution in [0.5, 0.6) is 11.5 Å². The summed E-state index contributed by atoms with van der Waals surface area (Å²) in [7, 11) is 3.19. The van der Waals surface area contributed by atoms with Gasteiger partial charge in [0.1, 0.15) is 0 Å². The van der Waals surface area contributed by atoms with E-state index in [4.69, 9.17) is 19.9 Å². The molecule has 1 aromatic carbocycles. The third-order valence-corrected chi connectivity index (χ3v) is 3.67. The number of esters is 1. The summed E-state index contributed by atoms with van der Waals surface area (Å²) in [5.74, 6) is 0.957. The highest BCUT2D eigenvalue weighted by Gasteiger charge is 2.31. The number of carbonyl (C=O) groups is 1. The van der Waals surface area contributed by atoms with Gasteiger partial charge in [-0.05, 0) is 43.0 Å². The Hall–Kier alpha value is -1.75. The van der Waals surface area contributed by atoms with Gasteiger partial charge in [-0.25, -0.2) is 0 Å². The molecule has 0 spiro atoms. The Kier molecular flexibility index (Phi) is 4.49. The van der Waals surface area contributed by atoms with Crippen LogP contribution in [-0.2, 0) is 16.0 Å². The topological polar surface area (TPSA) is 70.8 Å². The molecule has 0 aromatic heterocycles. The first-order valence-electron chi connectivity index (χ1n) is 6.77. The standard InChI is InChI=1S/C15H21NO4/c1-4-20-15(17)10-5-9-7-13(18-2)14(19-3)8-11(9)12(16)6-10/h7-8,10,12H,4-6,16H2,1-3H3. The van der Waals surface area contributed by atoms with Gasteiger partial charge < -0.3 is 19.9 Å². The summed E-state index contributed by atoms with van der Waals surface area (Å²) in [6.07, 6.45) is 1.23. The Morgan fingerprint density at radius 3 is 2.55 bits per heavy atom. The molecule has 0 heterocycles. The van der Waals surface area contributed by atoms with Crippen LogP contribution in [0.2, 0.25) is 0 Å². The van der Waals surface area contributed by atoms with E-state index in [1.54, 1.807) is 14.2 Å². The normalized spacial score (nSPS) is 21.0. The number of benzene rings is 1. The first-order valence-corrected chi connectivity index (χ1v) is 6.77. The molecule has 1 aliphatic carbocycles. The highest BCUT2D eigenvalue weighted by Crippen LogP contribution is 2.39. The largest absolute Gasteiger partial charge is 0.493 e. The van der Waals surface area contributed by atoms with Crippen molar-refractivity contribution < 1.29 is 19.0 Å². The molecule has 1 aliphatic rings. The monoisotopic (exact) mass is 279 g/mol. The summed E-state index contributed by atoms with van der Waals surface area (Å²) in [4.78, 5) is 11.9. The summed E-state index contributed by atoms with van der Waals surface area (Å²) >= 11 is 0. The third-order valence-electron chi connectivity index (χ3n) is 3.67. The predicted octanol–water partition coefficient (Wildman–Crippen LogP) is 1.83. The number of carbonyl (C=O) groups excluding carboxylic acids is 1. The number of nitrogens with two attached hydrogens (primary N) is 1. The molecule has 2 N–H and O–H groups in total. The zero-order chi connectivity index (χ0) is 14.7. The Bertz CT molecular complexity index is 501. The highest BCUT2D eigenvalue weighted by molar-refractivity contribution is 5.73. The van der Waals surface area contributed by atoms with Gasteiger partial charge in [-0.2, -0.15) is 0 Å². The highest BCUT2D eigenvalue weighted by atomic mass is 16.5. The van der Waals surface area contributed by atoms with E-state index in [0.29, 0.717) is 30.9 Å². The predicted molar refractivity (Wildman–Crippen MR) is 74.9 cm³/mol. The quantitative estimate of drug-likeness (QED) is 0.851. The summed E-state index contributed by atoms with van der Waals surface area (Å²) in [6.45, 7) is 2.20.